The Labute approximate surface area is 112 Å². The number of imidazole rings is 1. The van der Waals surface area contributed by atoms with Gasteiger partial charge in [-0.25, -0.2) is 9.78 Å². The normalized spacial score (nSPS) is 19.5. The number of halogens is 1. The molecule has 0 saturated carbocycles. The van der Waals surface area contributed by atoms with E-state index in [1.807, 2.05) is 16.7 Å². The lowest BCUT2D eigenvalue weighted by molar-refractivity contribution is 0.0693. The van der Waals surface area contributed by atoms with Crippen LogP contribution in [0.5, 0.6) is 0 Å². The molecule has 3 rings (SSSR count). The molecule has 1 fully saturated rings. The summed E-state index contributed by atoms with van der Waals surface area (Å²) in [6.07, 6.45) is 2.86. The van der Waals surface area contributed by atoms with E-state index in [4.69, 9.17) is 0 Å². The molecular formula is C12H12BrN3O2. The predicted molar refractivity (Wildman–Crippen MR) is 70.1 cm³/mol. The van der Waals surface area contributed by atoms with Gasteiger partial charge in [0, 0.05) is 23.1 Å². The van der Waals surface area contributed by atoms with Crippen molar-refractivity contribution in [3.63, 3.8) is 0 Å². The van der Waals surface area contributed by atoms with Crippen LogP contribution in [0.4, 0.5) is 0 Å². The number of carboxylic acid groups (broad SMARTS) is 1. The summed E-state index contributed by atoms with van der Waals surface area (Å²) in [5, 5.41) is 12.5. The minimum atomic E-state index is -0.984. The Bertz CT molecular complexity index is 617. The van der Waals surface area contributed by atoms with Crippen molar-refractivity contribution in [3.05, 3.63) is 34.3 Å². The number of pyridine rings is 1. The van der Waals surface area contributed by atoms with E-state index in [1.165, 1.54) is 0 Å². The van der Waals surface area contributed by atoms with E-state index in [-0.39, 0.29) is 11.6 Å². The third kappa shape index (κ3) is 1.81. The van der Waals surface area contributed by atoms with Crippen LogP contribution in [0.2, 0.25) is 0 Å². The first-order chi connectivity index (χ1) is 8.66. The van der Waals surface area contributed by atoms with Gasteiger partial charge in [0.15, 0.2) is 5.69 Å². The smallest absolute Gasteiger partial charge is 0.356 e. The van der Waals surface area contributed by atoms with E-state index < -0.39 is 5.97 Å². The molecule has 1 atom stereocenters. The van der Waals surface area contributed by atoms with E-state index in [2.05, 4.69) is 26.2 Å². The van der Waals surface area contributed by atoms with Crippen LogP contribution in [0.15, 0.2) is 22.8 Å². The number of hydrogen-bond acceptors (Lipinski definition) is 3. The lowest BCUT2D eigenvalue weighted by atomic mass is 10.1. The molecule has 2 aromatic heterocycles. The summed E-state index contributed by atoms with van der Waals surface area (Å²) in [7, 11) is 0. The molecule has 1 aliphatic heterocycles. The molecule has 0 spiro atoms. The minimum Gasteiger partial charge on any atom is -0.476 e. The van der Waals surface area contributed by atoms with Gasteiger partial charge in [-0.15, -0.1) is 0 Å². The molecule has 0 aromatic carbocycles. The van der Waals surface area contributed by atoms with E-state index in [0.29, 0.717) is 5.52 Å². The number of aromatic carboxylic acids is 1. The number of hydrogen-bond donors (Lipinski definition) is 2. The largest absolute Gasteiger partial charge is 0.476 e. The summed E-state index contributed by atoms with van der Waals surface area (Å²) in [6.45, 7) is 1.81. The van der Waals surface area contributed by atoms with E-state index in [1.54, 1.807) is 6.07 Å². The van der Waals surface area contributed by atoms with Gasteiger partial charge in [0.2, 0.25) is 0 Å². The first-order valence-electron chi connectivity index (χ1n) is 5.78. The number of fused-ring (bicyclic) bond motifs is 1. The molecule has 5 nitrogen and oxygen atoms in total. The van der Waals surface area contributed by atoms with Crippen LogP contribution in [0.3, 0.4) is 0 Å². The van der Waals surface area contributed by atoms with Gasteiger partial charge in [-0.2, -0.15) is 0 Å². The number of carbonyl (C=O) groups is 1. The molecule has 0 amide bonds. The van der Waals surface area contributed by atoms with E-state index in [9.17, 15) is 9.90 Å². The van der Waals surface area contributed by atoms with Gasteiger partial charge in [0.05, 0.1) is 5.52 Å². The molecule has 0 bridgehead atoms. The lowest BCUT2D eigenvalue weighted by Crippen LogP contribution is -2.10. The second kappa shape index (κ2) is 4.37. The Morgan fingerprint density at radius 2 is 2.44 bits per heavy atom. The minimum absolute atomic E-state index is 0.123. The van der Waals surface area contributed by atoms with Crippen molar-refractivity contribution >= 4 is 27.4 Å². The second-order valence-corrected chi connectivity index (χ2v) is 5.33. The fourth-order valence-corrected chi connectivity index (χ4v) is 2.74. The number of aromatic nitrogens is 2. The highest BCUT2D eigenvalue weighted by atomic mass is 79.9. The van der Waals surface area contributed by atoms with Gasteiger partial charge in [-0.3, -0.25) is 0 Å². The number of rotatable bonds is 2. The molecular weight excluding hydrogens is 298 g/mol. The standard InChI is InChI=1S/C12H12BrN3O2/c13-8-2-4-16-9(5-8)10(12(17)18)15-11(16)7-1-3-14-6-7/h2,4-5,7,14H,1,3,6H2,(H,17,18). The van der Waals surface area contributed by atoms with E-state index in [0.717, 1.165) is 29.8 Å². The molecule has 0 aliphatic carbocycles. The molecule has 94 valence electrons. The van der Waals surface area contributed by atoms with Gasteiger partial charge in [0.25, 0.3) is 0 Å². The first-order valence-corrected chi connectivity index (χ1v) is 6.57. The Kier molecular flexibility index (Phi) is 2.83. The maximum atomic E-state index is 11.2. The number of carboxylic acids is 1. The van der Waals surface area contributed by atoms with Crippen LogP contribution in [-0.4, -0.2) is 33.6 Å². The summed E-state index contributed by atoms with van der Waals surface area (Å²) < 4.78 is 2.74. The van der Waals surface area contributed by atoms with Gasteiger partial charge < -0.3 is 14.8 Å². The third-order valence-corrected chi connectivity index (χ3v) is 3.75. The Balaban J connectivity index is 2.22. The third-order valence-electron chi connectivity index (χ3n) is 3.26. The van der Waals surface area contributed by atoms with Gasteiger partial charge in [-0.05, 0) is 25.1 Å². The van der Waals surface area contributed by atoms with Crippen molar-refractivity contribution in [1.82, 2.24) is 14.7 Å². The van der Waals surface area contributed by atoms with Crippen LogP contribution in [0, 0.1) is 0 Å². The highest BCUT2D eigenvalue weighted by Gasteiger charge is 2.25. The van der Waals surface area contributed by atoms with Crippen molar-refractivity contribution in [3.8, 4) is 0 Å². The molecule has 3 heterocycles. The van der Waals surface area contributed by atoms with Crippen molar-refractivity contribution < 1.29 is 9.90 Å². The van der Waals surface area contributed by atoms with Gasteiger partial charge >= 0.3 is 5.97 Å². The number of nitrogens with one attached hydrogen (secondary N) is 1. The summed E-state index contributed by atoms with van der Waals surface area (Å²) in [4.78, 5) is 15.6. The summed E-state index contributed by atoms with van der Waals surface area (Å²) in [5.41, 5.74) is 0.761. The Hall–Kier alpha value is -1.40. The molecule has 1 unspecified atom stereocenters. The van der Waals surface area contributed by atoms with E-state index >= 15 is 0 Å². The second-order valence-electron chi connectivity index (χ2n) is 4.41. The fraction of sp³-hybridized carbons (Fsp3) is 0.333. The Morgan fingerprint density at radius 1 is 1.61 bits per heavy atom. The van der Waals surface area contributed by atoms with Crippen LogP contribution < -0.4 is 5.32 Å². The van der Waals surface area contributed by atoms with Crippen molar-refractivity contribution in [1.29, 1.82) is 0 Å². The maximum Gasteiger partial charge on any atom is 0.356 e. The zero-order chi connectivity index (χ0) is 12.7. The van der Waals surface area contributed by atoms with Crippen molar-refractivity contribution in [2.24, 2.45) is 0 Å². The zero-order valence-corrected chi connectivity index (χ0v) is 11.1. The average Bonchev–Trinajstić information content (AvgIpc) is 2.93. The van der Waals surface area contributed by atoms with Crippen LogP contribution in [-0.2, 0) is 0 Å². The molecule has 6 heteroatoms. The summed E-state index contributed by atoms with van der Waals surface area (Å²) >= 11 is 3.36. The monoisotopic (exact) mass is 309 g/mol. The van der Waals surface area contributed by atoms with Crippen LogP contribution in [0.25, 0.3) is 5.52 Å². The first kappa shape index (κ1) is 11.7. The quantitative estimate of drug-likeness (QED) is 0.889. The highest BCUT2D eigenvalue weighted by Crippen LogP contribution is 2.26. The fourth-order valence-electron chi connectivity index (χ4n) is 2.40. The molecule has 1 aliphatic rings. The molecule has 18 heavy (non-hydrogen) atoms. The van der Waals surface area contributed by atoms with Crippen molar-refractivity contribution in [2.75, 3.05) is 13.1 Å². The Morgan fingerprint density at radius 3 is 3.11 bits per heavy atom. The molecule has 0 radical (unpaired) electrons. The molecule has 1 saturated heterocycles. The summed E-state index contributed by atoms with van der Waals surface area (Å²) in [5.74, 6) is 0.134. The topological polar surface area (TPSA) is 66.6 Å². The SMILES string of the molecule is O=C(O)c1nc(C2CCNC2)n2ccc(Br)cc12. The zero-order valence-electron chi connectivity index (χ0n) is 9.56. The predicted octanol–water partition coefficient (Wildman–Crippen LogP) is 1.87. The van der Waals surface area contributed by atoms with Crippen LogP contribution in [0.1, 0.15) is 28.7 Å². The average molecular weight is 310 g/mol. The number of nitrogens with zero attached hydrogens (tertiary/aromatic N) is 2. The lowest BCUT2D eigenvalue weighted by Gasteiger charge is -2.06. The maximum absolute atomic E-state index is 11.2. The molecule has 2 N–H and O–H groups in total. The highest BCUT2D eigenvalue weighted by molar-refractivity contribution is 9.10. The van der Waals surface area contributed by atoms with Crippen LogP contribution >= 0.6 is 15.9 Å². The van der Waals surface area contributed by atoms with Gasteiger partial charge in [0.1, 0.15) is 5.82 Å². The molecule has 2 aromatic rings. The summed E-state index contributed by atoms with van der Waals surface area (Å²) in [6, 6.07) is 3.69. The van der Waals surface area contributed by atoms with Gasteiger partial charge in [-0.1, -0.05) is 15.9 Å². The van der Waals surface area contributed by atoms with Crippen molar-refractivity contribution in [2.45, 2.75) is 12.3 Å².